The number of alkyl halides is 1. The topological polar surface area (TPSA) is 80.3 Å². The number of sulfonamides is 1. The molecule has 5 nitrogen and oxygen atoms in total. The summed E-state index contributed by atoms with van der Waals surface area (Å²) in [4.78, 5) is 0. The second-order valence-electron chi connectivity index (χ2n) is 4.08. The molecule has 92 valence electrons. The van der Waals surface area contributed by atoms with E-state index in [0.29, 0.717) is 12.3 Å². The van der Waals surface area contributed by atoms with Crippen LogP contribution in [0.2, 0.25) is 0 Å². The number of hydrogen-bond acceptors (Lipinski definition) is 4. The first-order valence-electron chi connectivity index (χ1n) is 4.23. The summed E-state index contributed by atoms with van der Waals surface area (Å²) in [6, 6.07) is 0. The van der Waals surface area contributed by atoms with Gasteiger partial charge in [0.1, 0.15) is 0 Å². The van der Waals surface area contributed by atoms with Crippen LogP contribution in [0, 0.1) is 0 Å². The summed E-state index contributed by atoms with van der Waals surface area (Å²) in [5, 5.41) is -0.897. The van der Waals surface area contributed by atoms with E-state index in [1.165, 1.54) is 0 Å². The molecule has 0 bridgehead atoms. The second kappa shape index (κ2) is 4.99. The predicted octanol–water partition coefficient (Wildman–Crippen LogP) is 0.315. The Labute approximate surface area is 96.2 Å². The largest absolute Gasteiger partial charge is 0.228 e. The molecule has 1 N–H and O–H groups in total. The van der Waals surface area contributed by atoms with Crippen molar-refractivity contribution in [3.05, 3.63) is 0 Å². The van der Waals surface area contributed by atoms with Gasteiger partial charge in [-0.15, -0.1) is 11.6 Å². The highest BCUT2D eigenvalue weighted by molar-refractivity contribution is 8.06. The Morgan fingerprint density at radius 1 is 1.20 bits per heavy atom. The molecule has 0 heterocycles. The highest BCUT2D eigenvalue weighted by Gasteiger charge is 2.26. The van der Waals surface area contributed by atoms with Gasteiger partial charge in [0.2, 0.25) is 10.0 Å². The maximum atomic E-state index is 11.4. The minimum atomic E-state index is -3.82. The van der Waals surface area contributed by atoms with Crippen LogP contribution in [0.25, 0.3) is 0 Å². The Hall–Kier alpha value is 0.150. The number of hydrogen-bond donors (Lipinski definition) is 1. The van der Waals surface area contributed by atoms with Gasteiger partial charge in [-0.3, -0.25) is 0 Å². The standard InChI is InChI=1S/C7H16ClNO4S2/c1-7(2,4-5-8)9-15(12,13)6-14(3,10)11/h9H,4-6H2,1-3H3. The molecule has 0 aliphatic carbocycles. The summed E-state index contributed by atoms with van der Waals surface area (Å²) in [6.07, 6.45) is 1.30. The molecule has 0 aliphatic rings. The van der Waals surface area contributed by atoms with Crippen molar-refractivity contribution < 1.29 is 16.8 Å². The van der Waals surface area contributed by atoms with Crippen molar-refractivity contribution in [1.29, 1.82) is 0 Å². The molecular weight excluding hydrogens is 262 g/mol. The quantitative estimate of drug-likeness (QED) is 0.709. The first-order valence-corrected chi connectivity index (χ1v) is 8.47. The van der Waals surface area contributed by atoms with Gasteiger partial charge in [0.15, 0.2) is 14.9 Å². The van der Waals surface area contributed by atoms with E-state index in [0.717, 1.165) is 6.26 Å². The lowest BCUT2D eigenvalue weighted by atomic mass is 10.0. The van der Waals surface area contributed by atoms with E-state index in [-0.39, 0.29) is 0 Å². The predicted molar refractivity (Wildman–Crippen MR) is 61.2 cm³/mol. The van der Waals surface area contributed by atoms with E-state index < -0.39 is 30.5 Å². The first kappa shape index (κ1) is 15.2. The minimum Gasteiger partial charge on any atom is -0.228 e. The van der Waals surface area contributed by atoms with E-state index in [9.17, 15) is 16.8 Å². The number of nitrogens with one attached hydrogen (secondary N) is 1. The van der Waals surface area contributed by atoms with Crippen LogP contribution >= 0.6 is 11.6 Å². The number of halogens is 1. The summed E-state index contributed by atoms with van der Waals surface area (Å²) >= 11 is 5.49. The Morgan fingerprint density at radius 2 is 1.67 bits per heavy atom. The van der Waals surface area contributed by atoms with Crippen molar-refractivity contribution in [1.82, 2.24) is 4.72 Å². The Bertz CT molecular complexity index is 399. The van der Waals surface area contributed by atoms with Gasteiger partial charge in [-0.2, -0.15) is 0 Å². The zero-order valence-electron chi connectivity index (χ0n) is 8.95. The van der Waals surface area contributed by atoms with Gasteiger partial charge in [0, 0.05) is 17.7 Å². The average molecular weight is 278 g/mol. The van der Waals surface area contributed by atoms with Crippen LogP contribution in [0.1, 0.15) is 20.3 Å². The highest BCUT2D eigenvalue weighted by atomic mass is 35.5. The van der Waals surface area contributed by atoms with Gasteiger partial charge in [-0.1, -0.05) is 0 Å². The first-order chi connectivity index (χ1) is 6.47. The summed E-state index contributed by atoms with van der Waals surface area (Å²) in [5.41, 5.74) is -0.731. The molecule has 0 aromatic heterocycles. The van der Waals surface area contributed by atoms with E-state index in [4.69, 9.17) is 11.6 Å². The smallest absolute Gasteiger partial charge is 0.226 e. The normalized spacial score (nSPS) is 14.1. The number of rotatable bonds is 6. The van der Waals surface area contributed by atoms with Gasteiger partial charge in [-0.05, 0) is 20.3 Å². The molecule has 0 radical (unpaired) electrons. The lowest BCUT2D eigenvalue weighted by Crippen LogP contribution is -2.45. The molecule has 0 saturated carbocycles. The van der Waals surface area contributed by atoms with Gasteiger partial charge < -0.3 is 0 Å². The molecule has 8 heteroatoms. The van der Waals surface area contributed by atoms with Crippen LogP contribution < -0.4 is 4.72 Å². The molecule has 0 atom stereocenters. The molecule has 0 amide bonds. The molecule has 0 aromatic carbocycles. The third-order valence-corrected chi connectivity index (χ3v) is 5.53. The lowest BCUT2D eigenvalue weighted by molar-refractivity contribution is 0.443. The van der Waals surface area contributed by atoms with Crippen LogP contribution in [0.5, 0.6) is 0 Å². The summed E-state index contributed by atoms with van der Waals surface area (Å²) in [5.74, 6) is 0.300. The molecule has 0 rings (SSSR count). The maximum Gasteiger partial charge on any atom is 0.226 e. The number of sulfone groups is 1. The van der Waals surface area contributed by atoms with Crippen molar-refractivity contribution >= 4 is 31.5 Å². The van der Waals surface area contributed by atoms with Crippen molar-refractivity contribution in [2.45, 2.75) is 25.8 Å². The van der Waals surface area contributed by atoms with Crippen molar-refractivity contribution in [3.8, 4) is 0 Å². The van der Waals surface area contributed by atoms with Gasteiger partial charge in [0.05, 0.1) is 0 Å². The summed E-state index contributed by atoms with van der Waals surface area (Å²) in [7, 11) is -7.37. The van der Waals surface area contributed by atoms with Gasteiger partial charge in [-0.25, -0.2) is 21.6 Å². The Morgan fingerprint density at radius 3 is 2.00 bits per heavy atom. The maximum absolute atomic E-state index is 11.4. The monoisotopic (exact) mass is 277 g/mol. The highest BCUT2D eigenvalue weighted by Crippen LogP contribution is 2.11. The third kappa shape index (κ3) is 8.01. The minimum absolute atomic E-state index is 0.300. The Balaban J connectivity index is 4.66. The van der Waals surface area contributed by atoms with Crippen LogP contribution in [0.15, 0.2) is 0 Å². The third-order valence-electron chi connectivity index (χ3n) is 1.52. The molecule has 0 aromatic rings. The summed E-state index contributed by atoms with van der Waals surface area (Å²) < 4.78 is 46.8. The fourth-order valence-electron chi connectivity index (χ4n) is 1.02. The Kier molecular flexibility index (Phi) is 5.04. The van der Waals surface area contributed by atoms with E-state index >= 15 is 0 Å². The van der Waals surface area contributed by atoms with Gasteiger partial charge >= 0.3 is 0 Å². The van der Waals surface area contributed by atoms with E-state index in [1.807, 2.05) is 0 Å². The van der Waals surface area contributed by atoms with Crippen LogP contribution in [0.4, 0.5) is 0 Å². The fourth-order valence-corrected chi connectivity index (χ4v) is 4.93. The fraction of sp³-hybridized carbons (Fsp3) is 1.00. The molecule has 0 aliphatic heterocycles. The second-order valence-corrected chi connectivity index (χ2v) is 8.69. The van der Waals surface area contributed by atoms with E-state index in [2.05, 4.69) is 4.72 Å². The summed E-state index contributed by atoms with van der Waals surface area (Å²) in [6.45, 7) is 3.30. The van der Waals surface area contributed by atoms with Crippen molar-refractivity contribution in [3.63, 3.8) is 0 Å². The molecular formula is C7H16ClNO4S2. The lowest BCUT2D eigenvalue weighted by Gasteiger charge is -2.24. The van der Waals surface area contributed by atoms with E-state index in [1.54, 1.807) is 13.8 Å². The SMILES string of the molecule is CC(C)(CCCl)NS(=O)(=O)CS(C)(=O)=O. The molecule has 0 unspecified atom stereocenters. The van der Waals surface area contributed by atoms with Crippen molar-refractivity contribution in [2.24, 2.45) is 0 Å². The molecule has 0 fully saturated rings. The average Bonchev–Trinajstić information content (AvgIpc) is 1.74. The zero-order chi connectivity index (χ0) is 12.3. The zero-order valence-corrected chi connectivity index (χ0v) is 11.3. The van der Waals surface area contributed by atoms with Gasteiger partial charge in [0.25, 0.3) is 0 Å². The van der Waals surface area contributed by atoms with Crippen LogP contribution in [-0.4, -0.2) is 39.6 Å². The molecule has 15 heavy (non-hydrogen) atoms. The molecule has 0 spiro atoms. The van der Waals surface area contributed by atoms with Crippen LogP contribution in [0.3, 0.4) is 0 Å². The van der Waals surface area contributed by atoms with Crippen molar-refractivity contribution in [2.75, 3.05) is 17.2 Å². The van der Waals surface area contributed by atoms with Crippen LogP contribution in [-0.2, 0) is 19.9 Å². The molecule has 0 saturated heterocycles.